The number of hydrogen-bond acceptors (Lipinski definition) is 5. The van der Waals surface area contributed by atoms with E-state index in [2.05, 4.69) is 15.3 Å². The molecule has 1 amide bonds. The number of aromatic nitrogens is 2. The SMILES string of the molecule is Cc1cc(C(C)NC(=O)c2cc(C)c(OCC(F)F)cn2)cc(CC(=O)C(C)C)n1. The van der Waals surface area contributed by atoms with Gasteiger partial charge >= 0.3 is 0 Å². The number of ketones is 1. The van der Waals surface area contributed by atoms with Gasteiger partial charge in [-0.05, 0) is 50.1 Å². The van der Waals surface area contributed by atoms with Crippen LogP contribution >= 0.6 is 0 Å². The van der Waals surface area contributed by atoms with Gasteiger partial charge in [0.1, 0.15) is 23.8 Å². The van der Waals surface area contributed by atoms with E-state index < -0.39 is 18.9 Å². The zero-order valence-corrected chi connectivity index (χ0v) is 17.8. The van der Waals surface area contributed by atoms with Gasteiger partial charge in [0.15, 0.2) is 0 Å². The van der Waals surface area contributed by atoms with Crippen LogP contribution in [0.15, 0.2) is 24.4 Å². The predicted octanol–water partition coefficient (Wildman–Crippen LogP) is 4.00. The van der Waals surface area contributed by atoms with Crippen LogP contribution in [0.2, 0.25) is 0 Å². The third-order valence-corrected chi connectivity index (χ3v) is 4.54. The number of nitrogens with zero attached hydrogens (tertiary/aromatic N) is 2. The van der Waals surface area contributed by atoms with Crippen molar-refractivity contribution in [2.45, 2.75) is 53.5 Å². The molecule has 0 fully saturated rings. The summed E-state index contributed by atoms with van der Waals surface area (Å²) in [5.74, 6) is -0.163. The molecule has 0 spiro atoms. The average molecular weight is 419 g/mol. The van der Waals surface area contributed by atoms with Crippen molar-refractivity contribution < 1.29 is 23.1 Å². The second-order valence-corrected chi connectivity index (χ2v) is 7.56. The van der Waals surface area contributed by atoms with Gasteiger partial charge in [-0.2, -0.15) is 0 Å². The number of amides is 1. The van der Waals surface area contributed by atoms with E-state index in [4.69, 9.17) is 4.74 Å². The molecule has 30 heavy (non-hydrogen) atoms. The maximum absolute atomic E-state index is 12.6. The van der Waals surface area contributed by atoms with E-state index in [9.17, 15) is 18.4 Å². The lowest BCUT2D eigenvalue weighted by atomic mass is 10.0. The van der Waals surface area contributed by atoms with Gasteiger partial charge in [0, 0.05) is 23.7 Å². The predicted molar refractivity (Wildman–Crippen MR) is 109 cm³/mol. The van der Waals surface area contributed by atoms with E-state index in [0.29, 0.717) is 11.3 Å². The van der Waals surface area contributed by atoms with Crippen molar-refractivity contribution in [3.63, 3.8) is 0 Å². The molecule has 0 saturated heterocycles. The molecule has 0 aliphatic heterocycles. The molecule has 0 saturated carbocycles. The Morgan fingerprint density at radius 1 is 1.13 bits per heavy atom. The summed E-state index contributed by atoms with van der Waals surface area (Å²) in [7, 11) is 0. The molecule has 0 radical (unpaired) electrons. The molecule has 8 heteroatoms. The molecule has 2 heterocycles. The fourth-order valence-electron chi connectivity index (χ4n) is 2.81. The highest BCUT2D eigenvalue weighted by molar-refractivity contribution is 5.92. The molecule has 0 aliphatic rings. The highest BCUT2D eigenvalue weighted by Gasteiger charge is 2.17. The van der Waals surface area contributed by atoms with Gasteiger partial charge < -0.3 is 10.1 Å². The number of aryl methyl sites for hydroxylation is 2. The Morgan fingerprint density at radius 3 is 2.43 bits per heavy atom. The van der Waals surface area contributed by atoms with Crippen molar-refractivity contribution in [2.75, 3.05) is 6.61 Å². The Balaban J connectivity index is 2.11. The first-order chi connectivity index (χ1) is 14.1. The van der Waals surface area contributed by atoms with Crippen LogP contribution in [0.25, 0.3) is 0 Å². The largest absolute Gasteiger partial charge is 0.486 e. The lowest BCUT2D eigenvalue weighted by Crippen LogP contribution is -2.28. The molecule has 1 unspecified atom stereocenters. The molecule has 0 bridgehead atoms. The van der Waals surface area contributed by atoms with Gasteiger partial charge in [-0.25, -0.2) is 13.8 Å². The summed E-state index contributed by atoms with van der Waals surface area (Å²) in [5.41, 5.74) is 2.95. The van der Waals surface area contributed by atoms with E-state index in [1.807, 2.05) is 39.8 Å². The lowest BCUT2D eigenvalue weighted by molar-refractivity contribution is -0.121. The van der Waals surface area contributed by atoms with E-state index in [0.717, 1.165) is 11.3 Å². The van der Waals surface area contributed by atoms with Crippen LogP contribution in [0, 0.1) is 19.8 Å². The number of Topliss-reactive ketones (excluding diaryl/α,β-unsaturated/α-hetero) is 1. The summed E-state index contributed by atoms with van der Waals surface area (Å²) in [5, 5.41) is 2.86. The lowest BCUT2D eigenvalue weighted by Gasteiger charge is -2.16. The van der Waals surface area contributed by atoms with Gasteiger partial charge in [-0.3, -0.25) is 14.6 Å². The summed E-state index contributed by atoms with van der Waals surface area (Å²) < 4.78 is 29.6. The van der Waals surface area contributed by atoms with Crippen LogP contribution in [0.3, 0.4) is 0 Å². The molecule has 0 aliphatic carbocycles. The van der Waals surface area contributed by atoms with E-state index in [1.165, 1.54) is 12.3 Å². The highest BCUT2D eigenvalue weighted by Crippen LogP contribution is 2.20. The Labute approximate surface area is 175 Å². The molecule has 2 aromatic rings. The molecule has 1 N–H and O–H groups in total. The molecular weight excluding hydrogens is 392 g/mol. The fraction of sp³-hybridized carbons (Fsp3) is 0.455. The van der Waals surface area contributed by atoms with Crippen molar-refractivity contribution in [1.82, 2.24) is 15.3 Å². The van der Waals surface area contributed by atoms with Gasteiger partial charge in [-0.15, -0.1) is 0 Å². The van der Waals surface area contributed by atoms with Gasteiger partial charge in [0.2, 0.25) is 0 Å². The summed E-state index contributed by atoms with van der Waals surface area (Å²) in [4.78, 5) is 33.1. The quantitative estimate of drug-likeness (QED) is 0.665. The number of alkyl halides is 2. The maximum atomic E-state index is 12.6. The van der Waals surface area contributed by atoms with Crippen molar-refractivity contribution in [2.24, 2.45) is 5.92 Å². The van der Waals surface area contributed by atoms with E-state index in [-0.39, 0.29) is 35.6 Å². The molecule has 2 aromatic heterocycles. The molecule has 1 atom stereocenters. The third-order valence-electron chi connectivity index (χ3n) is 4.54. The number of nitrogens with one attached hydrogen (secondary N) is 1. The number of pyridine rings is 2. The van der Waals surface area contributed by atoms with Crippen molar-refractivity contribution in [3.05, 3.63) is 52.6 Å². The number of carbonyl (C=O) groups is 2. The number of hydrogen-bond donors (Lipinski definition) is 1. The number of ether oxygens (including phenoxy) is 1. The first-order valence-corrected chi connectivity index (χ1v) is 9.75. The maximum Gasteiger partial charge on any atom is 0.272 e. The Hall–Kier alpha value is -2.90. The normalized spacial score (nSPS) is 12.2. The van der Waals surface area contributed by atoms with Crippen molar-refractivity contribution in [1.29, 1.82) is 0 Å². The van der Waals surface area contributed by atoms with Crippen LogP contribution in [-0.2, 0) is 11.2 Å². The van der Waals surface area contributed by atoms with E-state index >= 15 is 0 Å². The van der Waals surface area contributed by atoms with E-state index in [1.54, 1.807) is 6.92 Å². The fourth-order valence-corrected chi connectivity index (χ4v) is 2.81. The van der Waals surface area contributed by atoms with Crippen LogP contribution < -0.4 is 10.1 Å². The number of halogens is 2. The summed E-state index contributed by atoms with van der Waals surface area (Å²) in [6, 6.07) is 4.82. The molecular formula is C22H27F2N3O3. The molecule has 2 rings (SSSR count). The third kappa shape index (κ3) is 6.57. The van der Waals surface area contributed by atoms with Crippen LogP contribution in [-0.4, -0.2) is 34.7 Å². The topological polar surface area (TPSA) is 81.2 Å². The first-order valence-electron chi connectivity index (χ1n) is 9.75. The highest BCUT2D eigenvalue weighted by atomic mass is 19.3. The Morgan fingerprint density at radius 2 is 1.83 bits per heavy atom. The minimum absolute atomic E-state index is 0.0742. The van der Waals surface area contributed by atoms with Crippen molar-refractivity contribution >= 4 is 11.7 Å². The molecule has 162 valence electrons. The smallest absolute Gasteiger partial charge is 0.272 e. The minimum Gasteiger partial charge on any atom is -0.486 e. The number of rotatable bonds is 9. The molecule has 6 nitrogen and oxygen atoms in total. The van der Waals surface area contributed by atoms with Crippen LogP contribution in [0.5, 0.6) is 5.75 Å². The average Bonchev–Trinajstić information content (AvgIpc) is 2.66. The first kappa shape index (κ1) is 23.4. The van der Waals surface area contributed by atoms with Crippen molar-refractivity contribution in [3.8, 4) is 5.75 Å². The summed E-state index contributed by atoms with van der Waals surface area (Å²) >= 11 is 0. The Kier molecular flexibility index (Phi) is 7.97. The van der Waals surface area contributed by atoms with Gasteiger partial charge in [0.05, 0.1) is 12.2 Å². The summed E-state index contributed by atoms with van der Waals surface area (Å²) in [6.07, 6.45) is -1.07. The number of carbonyl (C=O) groups excluding carboxylic acids is 2. The standard InChI is InChI=1S/C22H27F2N3O3/c1-12(2)19(28)9-17-8-16(7-14(4)26-17)15(5)27-22(29)18-6-13(3)20(10-25-18)30-11-21(23)24/h6-8,10,12,15,21H,9,11H2,1-5H3,(H,27,29). The Bertz CT molecular complexity index is 916. The minimum atomic E-state index is -2.59. The van der Waals surface area contributed by atoms with Gasteiger partial charge in [-0.1, -0.05) is 13.8 Å². The summed E-state index contributed by atoms with van der Waals surface area (Å²) in [6.45, 7) is 8.29. The second-order valence-electron chi connectivity index (χ2n) is 7.56. The second kappa shape index (κ2) is 10.2. The monoisotopic (exact) mass is 419 g/mol. The van der Waals surface area contributed by atoms with Crippen LogP contribution in [0.4, 0.5) is 8.78 Å². The zero-order valence-electron chi connectivity index (χ0n) is 17.8. The molecule has 0 aromatic carbocycles. The van der Waals surface area contributed by atoms with Crippen LogP contribution in [0.1, 0.15) is 59.8 Å². The zero-order chi connectivity index (χ0) is 22.4. The van der Waals surface area contributed by atoms with Gasteiger partial charge in [0.25, 0.3) is 12.3 Å².